The number of carbonyl (C=O) groups is 2. The lowest BCUT2D eigenvalue weighted by atomic mass is 9.76. The highest BCUT2D eigenvalue weighted by molar-refractivity contribution is 8.01. The maximum atomic E-state index is 12.8. The Labute approximate surface area is 243 Å². The van der Waals surface area contributed by atoms with Gasteiger partial charge in [-0.1, -0.05) is 76.9 Å². The predicted molar refractivity (Wildman–Crippen MR) is 164 cm³/mol. The molecule has 0 aliphatic rings. The van der Waals surface area contributed by atoms with Crippen molar-refractivity contribution in [1.29, 1.82) is 0 Å². The van der Waals surface area contributed by atoms with Crippen LogP contribution in [0.15, 0.2) is 36.4 Å². The summed E-state index contributed by atoms with van der Waals surface area (Å²) in [5.41, 5.74) is 3.14. The molecule has 0 spiro atoms. The molecule has 0 heterocycles. The molecular formula is C31H43Cl2NO3S. The minimum Gasteiger partial charge on any atom is -0.493 e. The number of rotatable bonds is 14. The van der Waals surface area contributed by atoms with Gasteiger partial charge in [0.1, 0.15) is 5.75 Å². The van der Waals surface area contributed by atoms with Gasteiger partial charge in [-0.3, -0.25) is 9.59 Å². The topological polar surface area (TPSA) is 55.4 Å². The van der Waals surface area contributed by atoms with Gasteiger partial charge in [0.25, 0.3) is 0 Å². The van der Waals surface area contributed by atoms with Crippen LogP contribution in [-0.4, -0.2) is 28.8 Å². The number of hydrogen-bond acceptors (Lipinski definition) is 4. The molecule has 4 nitrogen and oxygen atoms in total. The average molecular weight is 581 g/mol. The normalized spacial score (nSPS) is 12.4. The van der Waals surface area contributed by atoms with Crippen LogP contribution in [0, 0.1) is 0 Å². The Kier molecular flexibility index (Phi) is 11.6. The smallest absolute Gasteiger partial charge is 0.231 e. The fourth-order valence-corrected chi connectivity index (χ4v) is 5.25. The SMILES string of the molecule is CCC(C)(C)c1ccc(OCCCSC(C)(C)C(=O)CC(=O)Nc2ccc(Cl)cc2Cl)c(C(C)(C)CC)c1. The number of amides is 1. The van der Waals surface area contributed by atoms with E-state index in [0.717, 1.165) is 30.8 Å². The molecule has 1 N–H and O–H groups in total. The van der Waals surface area contributed by atoms with E-state index in [-0.39, 0.29) is 23.0 Å². The van der Waals surface area contributed by atoms with Crippen molar-refractivity contribution in [2.75, 3.05) is 17.7 Å². The maximum absolute atomic E-state index is 12.8. The Morgan fingerprint density at radius 2 is 1.58 bits per heavy atom. The number of nitrogens with one attached hydrogen (secondary N) is 1. The van der Waals surface area contributed by atoms with Gasteiger partial charge in [-0.05, 0) is 79.5 Å². The third-order valence-corrected chi connectivity index (χ3v) is 9.45. The first-order valence-electron chi connectivity index (χ1n) is 13.3. The Balaban J connectivity index is 1.92. The first-order chi connectivity index (χ1) is 17.6. The molecule has 0 unspecified atom stereocenters. The summed E-state index contributed by atoms with van der Waals surface area (Å²) in [4.78, 5) is 25.3. The molecule has 2 rings (SSSR count). The maximum Gasteiger partial charge on any atom is 0.231 e. The van der Waals surface area contributed by atoms with Crippen molar-refractivity contribution in [2.45, 2.75) is 96.7 Å². The fourth-order valence-electron chi connectivity index (χ4n) is 3.79. The van der Waals surface area contributed by atoms with Crippen LogP contribution in [0.4, 0.5) is 5.69 Å². The molecule has 0 atom stereocenters. The van der Waals surface area contributed by atoms with E-state index in [2.05, 4.69) is 65.1 Å². The molecule has 0 saturated heterocycles. The van der Waals surface area contributed by atoms with Gasteiger partial charge < -0.3 is 10.1 Å². The molecule has 0 bridgehead atoms. The molecular weight excluding hydrogens is 537 g/mol. The monoisotopic (exact) mass is 579 g/mol. The van der Waals surface area contributed by atoms with E-state index in [0.29, 0.717) is 22.3 Å². The van der Waals surface area contributed by atoms with Gasteiger partial charge in [0.2, 0.25) is 5.91 Å². The quantitative estimate of drug-likeness (QED) is 0.179. The highest BCUT2D eigenvalue weighted by atomic mass is 35.5. The molecule has 0 saturated carbocycles. The third-order valence-electron chi connectivity index (χ3n) is 7.46. The van der Waals surface area contributed by atoms with E-state index in [1.54, 1.807) is 30.0 Å². The zero-order chi connectivity index (χ0) is 28.7. The summed E-state index contributed by atoms with van der Waals surface area (Å²) in [6.45, 7) is 17.8. The lowest BCUT2D eigenvalue weighted by Gasteiger charge is -2.30. The summed E-state index contributed by atoms with van der Waals surface area (Å²) < 4.78 is 5.58. The lowest BCUT2D eigenvalue weighted by Crippen LogP contribution is -2.32. The summed E-state index contributed by atoms with van der Waals surface area (Å²) >= 11 is 13.6. The largest absolute Gasteiger partial charge is 0.493 e. The molecule has 0 radical (unpaired) electrons. The highest BCUT2D eigenvalue weighted by Gasteiger charge is 2.30. The molecule has 2 aromatic carbocycles. The summed E-state index contributed by atoms with van der Waals surface area (Å²) in [7, 11) is 0. The van der Waals surface area contributed by atoms with Crippen LogP contribution in [0.1, 0.15) is 92.2 Å². The van der Waals surface area contributed by atoms with Crippen LogP contribution < -0.4 is 10.1 Å². The van der Waals surface area contributed by atoms with Gasteiger partial charge >= 0.3 is 0 Å². The Bertz CT molecular complexity index is 1130. The molecule has 0 aliphatic heterocycles. The average Bonchev–Trinajstić information content (AvgIpc) is 2.85. The first kappa shape index (κ1) is 32.5. The van der Waals surface area contributed by atoms with Gasteiger partial charge in [-0.2, -0.15) is 0 Å². The van der Waals surface area contributed by atoms with Crippen LogP contribution in [0.25, 0.3) is 0 Å². The summed E-state index contributed by atoms with van der Waals surface area (Å²) in [5, 5.41) is 3.51. The van der Waals surface area contributed by atoms with Crippen molar-refractivity contribution < 1.29 is 14.3 Å². The predicted octanol–water partition coefficient (Wildman–Crippen LogP) is 9.25. The number of benzene rings is 2. The number of hydrogen-bond donors (Lipinski definition) is 1. The molecule has 7 heteroatoms. The van der Waals surface area contributed by atoms with Crippen LogP contribution >= 0.6 is 35.0 Å². The second kappa shape index (κ2) is 13.6. The lowest BCUT2D eigenvalue weighted by molar-refractivity contribution is -0.126. The minimum atomic E-state index is -0.691. The molecule has 0 aromatic heterocycles. The number of halogens is 2. The van der Waals surface area contributed by atoms with Crippen LogP contribution in [0.5, 0.6) is 5.75 Å². The number of Topliss-reactive ketones (excluding diaryl/α,β-unsaturated/α-hetero) is 1. The highest BCUT2D eigenvalue weighted by Crippen LogP contribution is 2.38. The summed E-state index contributed by atoms with van der Waals surface area (Å²) in [6.07, 6.45) is 2.66. The van der Waals surface area contributed by atoms with Gasteiger partial charge in [0.15, 0.2) is 5.78 Å². The Morgan fingerprint density at radius 3 is 2.18 bits per heavy atom. The molecule has 0 aliphatic carbocycles. The number of ether oxygens (including phenoxy) is 1. The van der Waals surface area contributed by atoms with Crippen molar-refractivity contribution in [2.24, 2.45) is 0 Å². The van der Waals surface area contributed by atoms with E-state index in [4.69, 9.17) is 27.9 Å². The van der Waals surface area contributed by atoms with Gasteiger partial charge in [0, 0.05) is 10.6 Å². The van der Waals surface area contributed by atoms with Gasteiger partial charge in [-0.15, -0.1) is 11.8 Å². The molecule has 38 heavy (non-hydrogen) atoms. The van der Waals surface area contributed by atoms with E-state index in [1.807, 2.05) is 13.8 Å². The standard InChI is InChI=1S/C31H43Cl2NO3S/c1-9-29(3,4)21-12-15-26(23(18-21)30(5,6)10-2)37-16-11-17-38-31(7,8)27(35)20-28(36)34-25-14-13-22(32)19-24(25)33/h12-15,18-19H,9-11,16-17,20H2,1-8H3,(H,34,36). The zero-order valence-electron chi connectivity index (χ0n) is 24.1. The zero-order valence-corrected chi connectivity index (χ0v) is 26.4. The Hall–Kier alpha value is -1.69. The van der Waals surface area contributed by atoms with Crippen molar-refractivity contribution in [1.82, 2.24) is 0 Å². The van der Waals surface area contributed by atoms with E-state index < -0.39 is 10.7 Å². The van der Waals surface area contributed by atoms with Crippen molar-refractivity contribution in [3.8, 4) is 5.75 Å². The van der Waals surface area contributed by atoms with Crippen LogP contribution in [-0.2, 0) is 20.4 Å². The molecule has 0 fully saturated rings. The van der Waals surface area contributed by atoms with Crippen molar-refractivity contribution >= 4 is 52.3 Å². The third kappa shape index (κ3) is 8.93. The molecule has 2 aromatic rings. The number of ketones is 1. The molecule has 1 amide bonds. The Morgan fingerprint density at radius 1 is 0.921 bits per heavy atom. The van der Waals surface area contributed by atoms with Gasteiger partial charge in [-0.25, -0.2) is 0 Å². The van der Waals surface area contributed by atoms with E-state index in [9.17, 15) is 9.59 Å². The first-order valence-corrected chi connectivity index (χ1v) is 15.1. The summed E-state index contributed by atoms with van der Waals surface area (Å²) in [5.74, 6) is 1.16. The van der Waals surface area contributed by atoms with E-state index >= 15 is 0 Å². The molecule has 210 valence electrons. The van der Waals surface area contributed by atoms with Crippen molar-refractivity contribution in [3.63, 3.8) is 0 Å². The summed E-state index contributed by atoms with van der Waals surface area (Å²) in [6, 6.07) is 11.4. The second-order valence-corrected chi connectivity index (χ2v) is 14.1. The van der Waals surface area contributed by atoms with Crippen LogP contribution in [0.3, 0.4) is 0 Å². The van der Waals surface area contributed by atoms with E-state index in [1.165, 1.54) is 11.1 Å². The number of anilines is 1. The fraction of sp³-hybridized carbons (Fsp3) is 0.548. The van der Waals surface area contributed by atoms with Crippen LogP contribution in [0.2, 0.25) is 10.0 Å². The minimum absolute atomic E-state index is 0.00906. The van der Waals surface area contributed by atoms with Crippen molar-refractivity contribution in [3.05, 3.63) is 57.6 Å². The number of thioether (sulfide) groups is 1. The number of carbonyl (C=O) groups excluding carboxylic acids is 2. The van der Waals surface area contributed by atoms with Gasteiger partial charge in [0.05, 0.1) is 28.5 Å². The second-order valence-electron chi connectivity index (χ2n) is 11.5.